The molecule has 0 aliphatic carbocycles. The summed E-state index contributed by atoms with van der Waals surface area (Å²) in [4.78, 5) is 19.4. The van der Waals surface area contributed by atoms with Crippen molar-refractivity contribution in [1.82, 2.24) is 25.4 Å². The number of aliphatic hydroxyl groups is 1. The van der Waals surface area contributed by atoms with E-state index in [1.54, 1.807) is 13.0 Å². The van der Waals surface area contributed by atoms with Gasteiger partial charge in [0.1, 0.15) is 29.6 Å². The van der Waals surface area contributed by atoms with E-state index in [4.69, 9.17) is 9.72 Å². The van der Waals surface area contributed by atoms with Crippen LogP contribution in [0.4, 0.5) is 8.78 Å². The highest BCUT2D eigenvalue weighted by Gasteiger charge is 2.27. The molecule has 0 saturated heterocycles. The third-order valence-corrected chi connectivity index (χ3v) is 8.74. The Hall–Kier alpha value is -4.45. The van der Waals surface area contributed by atoms with Crippen LogP contribution in [0.15, 0.2) is 78.9 Å². The summed E-state index contributed by atoms with van der Waals surface area (Å²) in [6.45, 7) is 10.7. The van der Waals surface area contributed by atoms with Crippen LogP contribution in [-0.4, -0.2) is 64.4 Å². The summed E-state index contributed by atoms with van der Waals surface area (Å²) >= 11 is 1.38. The topological polar surface area (TPSA) is 103 Å². The van der Waals surface area contributed by atoms with Gasteiger partial charge in [0.15, 0.2) is 0 Å². The number of carbonyl (C=O) groups is 1. The molecule has 234 valence electrons. The van der Waals surface area contributed by atoms with E-state index in [2.05, 4.69) is 58.8 Å². The Labute approximate surface area is 264 Å². The number of benzene rings is 1. The first-order valence-corrected chi connectivity index (χ1v) is 15.4. The Morgan fingerprint density at radius 3 is 2.76 bits per heavy atom. The number of aromatic nitrogens is 3. The molecule has 1 amide bonds. The van der Waals surface area contributed by atoms with E-state index in [1.165, 1.54) is 28.5 Å². The molecular weight excluding hydrogens is 596 g/mol. The maximum atomic E-state index is 15.8. The molecule has 0 unspecified atom stereocenters. The van der Waals surface area contributed by atoms with Crippen LogP contribution in [0.5, 0.6) is 0 Å². The number of rotatable bonds is 11. The van der Waals surface area contributed by atoms with Gasteiger partial charge in [-0.25, -0.2) is 13.8 Å². The number of allylic oxidation sites excluding steroid dienone is 3. The number of amides is 1. The maximum Gasteiger partial charge on any atom is 0.243 e. The van der Waals surface area contributed by atoms with Crippen LogP contribution in [0.2, 0.25) is 0 Å². The number of aliphatic hydroxyl groups excluding tert-OH is 1. The molecule has 0 bridgehead atoms. The summed E-state index contributed by atoms with van der Waals surface area (Å²) in [6.07, 6.45) is 3.83. The van der Waals surface area contributed by atoms with Crippen molar-refractivity contribution in [2.75, 3.05) is 33.4 Å². The van der Waals surface area contributed by atoms with Gasteiger partial charge in [-0.15, -0.1) is 11.3 Å². The number of fused-ring (bicyclic) bond motifs is 2. The largest absolute Gasteiger partial charge is 0.491 e. The lowest BCUT2D eigenvalue weighted by atomic mass is 9.94. The molecule has 8 nitrogen and oxygen atoms in total. The lowest BCUT2D eigenvalue weighted by Gasteiger charge is -2.18. The number of thiophene rings is 1. The molecule has 5 rings (SSSR count). The third-order valence-electron chi connectivity index (χ3n) is 7.81. The van der Waals surface area contributed by atoms with E-state index < -0.39 is 11.9 Å². The maximum absolute atomic E-state index is 15.8. The number of carbonyl (C=O) groups excluding carboxylic acids is 1. The second kappa shape index (κ2) is 14.1. The van der Waals surface area contributed by atoms with Crippen molar-refractivity contribution < 1.29 is 23.4 Å². The molecular formula is C34H35F2N5O3S. The summed E-state index contributed by atoms with van der Waals surface area (Å²) in [7, 11) is 2.12. The van der Waals surface area contributed by atoms with Crippen molar-refractivity contribution in [1.29, 1.82) is 0 Å². The quantitative estimate of drug-likeness (QED) is 0.100. The highest BCUT2D eigenvalue weighted by molar-refractivity contribution is 7.17. The van der Waals surface area contributed by atoms with Crippen molar-refractivity contribution in [3.8, 4) is 22.6 Å². The first kappa shape index (κ1) is 32.0. The van der Waals surface area contributed by atoms with Crippen LogP contribution in [-0.2, 0) is 22.4 Å². The van der Waals surface area contributed by atoms with Crippen LogP contribution in [0.1, 0.15) is 35.3 Å². The zero-order valence-corrected chi connectivity index (χ0v) is 26.0. The fraction of sp³-hybridized carbons (Fsp3) is 0.265. The predicted octanol–water partition coefficient (Wildman–Crippen LogP) is 6.43. The van der Waals surface area contributed by atoms with Gasteiger partial charge >= 0.3 is 0 Å². The molecule has 1 atom stereocenters. The molecule has 3 N–H and O–H groups in total. The molecule has 45 heavy (non-hydrogen) atoms. The second-order valence-electron chi connectivity index (χ2n) is 10.8. The predicted molar refractivity (Wildman–Crippen MR) is 175 cm³/mol. The van der Waals surface area contributed by atoms with Gasteiger partial charge < -0.3 is 20.1 Å². The van der Waals surface area contributed by atoms with Gasteiger partial charge in [0, 0.05) is 40.4 Å². The summed E-state index contributed by atoms with van der Waals surface area (Å²) in [5.41, 5.74) is 5.62. The van der Waals surface area contributed by atoms with Gasteiger partial charge in [-0.05, 0) is 67.6 Å². The number of hydrogen-bond donors (Lipinski definition) is 3. The number of H-pyrrole nitrogens is 1. The van der Waals surface area contributed by atoms with Gasteiger partial charge in [0.2, 0.25) is 5.91 Å². The molecule has 0 radical (unpaired) electrons. The summed E-state index contributed by atoms with van der Waals surface area (Å²) in [5.74, 6) is -1.37. The van der Waals surface area contributed by atoms with Crippen molar-refractivity contribution in [2.24, 2.45) is 0 Å². The number of ether oxygens (including phenoxy) is 1. The number of aromatic amines is 1. The van der Waals surface area contributed by atoms with E-state index in [0.717, 1.165) is 36.9 Å². The lowest BCUT2D eigenvalue weighted by molar-refractivity contribution is -0.117. The number of pyridine rings is 1. The van der Waals surface area contributed by atoms with E-state index in [-0.39, 0.29) is 36.8 Å². The summed E-state index contributed by atoms with van der Waals surface area (Å²) < 4.78 is 35.4. The first-order valence-electron chi connectivity index (χ1n) is 14.6. The molecule has 0 saturated carbocycles. The second-order valence-corrected chi connectivity index (χ2v) is 11.7. The van der Waals surface area contributed by atoms with E-state index in [9.17, 15) is 14.3 Å². The van der Waals surface area contributed by atoms with Crippen LogP contribution in [0.3, 0.4) is 0 Å². The Bertz CT molecular complexity index is 1810. The Kier molecular flexibility index (Phi) is 10.0. The average Bonchev–Trinajstić information content (AvgIpc) is 3.69. The molecule has 11 heteroatoms. The highest BCUT2D eigenvalue weighted by Crippen LogP contribution is 2.44. The lowest BCUT2D eigenvalue weighted by Crippen LogP contribution is -2.24. The van der Waals surface area contributed by atoms with Crippen molar-refractivity contribution in [3.63, 3.8) is 0 Å². The zero-order chi connectivity index (χ0) is 32.1. The number of halogens is 2. The Morgan fingerprint density at radius 1 is 1.24 bits per heavy atom. The van der Waals surface area contributed by atoms with Crippen LogP contribution in [0.25, 0.3) is 38.3 Å². The van der Waals surface area contributed by atoms with Gasteiger partial charge in [-0.3, -0.25) is 9.89 Å². The van der Waals surface area contributed by atoms with Gasteiger partial charge in [-0.1, -0.05) is 25.3 Å². The summed E-state index contributed by atoms with van der Waals surface area (Å²) in [6, 6.07) is 9.59. The molecule has 1 aromatic carbocycles. The van der Waals surface area contributed by atoms with E-state index in [0.29, 0.717) is 39.1 Å². The average molecular weight is 632 g/mol. The van der Waals surface area contributed by atoms with E-state index in [1.807, 2.05) is 11.4 Å². The number of nitrogens with one attached hydrogen (secondary N) is 2. The van der Waals surface area contributed by atoms with Gasteiger partial charge in [-0.2, -0.15) is 5.10 Å². The normalized spacial score (nSPS) is 15.0. The van der Waals surface area contributed by atoms with Crippen molar-refractivity contribution in [2.45, 2.75) is 25.8 Å². The number of nitrogens with zero attached hydrogens (tertiary/aromatic N) is 3. The molecule has 1 aliphatic heterocycles. The fourth-order valence-corrected chi connectivity index (χ4v) is 6.40. The number of hydrogen-bond acceptors (Lipinski definition) is 7. The third kappa shape index (κ3) is 6.80. The smallest absolute Gasteiger partial charge is 0.243 e. The molecule has 1 aliphatic rings. The molecule has 0 spiro atoms. The van der Waals surface area contributed by atoms with Gasteiger partial charge in [0.25, 0.3) is 0 Å². The summed E-state index contributed by atoms with van der Waals surface area (Å²) in [5, 5.41) is 22.3. The highest BCUT2D eigenvalue weighted by atomic mass is 32.1. The minimum atomic E-state index is -0.928. The molecule has 4 aromatic rings. The minimum absolute atomic E-state index is 0.0957. The Balaban J connectivity index is 1.76. The Morgan fingerprint density at radius 2 is 2.02 bits per heavy atom. The standard InChI is InChI=1S/C34H35F2N5O3S/c1-5-29(43)37-20(2)27-19-28(40-39-27)33-31(30(26(36)8-12-35)21(3)44-16-15-42)34-25(11-17-45-34)32(38-33)24-7-6-22-9-13-41(4)14-10-23(22)18-24/h5-8,11-12,17-20,42H,1,3,9-10,13-16H2,2,4H3,(H,37,43)(H,39,40)/b12-8+,30-26-/t20-/m1/s1. The van der Waals surface area contributed by atoms with Crippen LogP contribution in [0, 0.1) is 0 Å². The van der Waals surface area contributed by atoms with Crippen LogP contribution < -0.4 is 5.32 Å². The SMILES string of the molecule is C=CC(=O)N[C@H](C)c1cc(-c2nc(-c3ccc4c(c3)CCN(C)CC4)c3ccsc3c2/C(C(=C)OCCO)=C(F)/C=C/F)n[nH]1. The monoisotopic (exact) mass is 631 g/mol. The molecule has 0 fully saturated rings. The number of likely N-dealkylation sites (N-methyl/N-ethyl adjacent to an activating group) is 1. The zero-order valence-electron chi connectivity index (χ0n) is 25.2. The molecule has 4 heterocycles. The van der Waals surface area contributed by atoms with Gasteiger partial charge in [0.05, 0.1) is 35.9 Å². The van der Waals surface area contributed by atoms with Crippen molar-refractivity contribution in [3.05, 3.63) is 101 Å². The first-order chi connectivity index (χ1) is 21.7. The minimum Gasteiger partial charge on any atom is -0.491 e. The molecule has 3 aromatic heterocycles. The fourth-order valence-electron chi connectivity index (χ4n) is 5.45. The van der Waals surface area contributed by atoms with Crippen LogP contribution >= 0.6 is 11.3 Å². The van der Waals surface area contributed by atoms with E-state index >= 15 is 4.39 Å². The van der Waals surface area contributed by atoms with Crippen molar-refractivity contribution >= 4 is 32.9 Å².